The molecular formula is C11H8N3O5+. The molecule has 96 valence electrons. The predicted octanol–water partition coefficient (Wildman–Crippen LogP) is 1.49. The van der Waals surface area contributed by atoms with E-state index >= 15 is 0 Å². The number of rotatable bonds is 3. The number of aromatic nitrogens is 1. The van der Waals surface area contributed by atoms with Crippen LogP contribution < -0.4 is 4.57 Å². The van der Waals surface area contributed by atoms with Crippen LogP contribution >= 0.6 is 0 Å². The van der Waals surface area contributed by atoms with E-state index < -0.39 is 27.0 Å². The van der Waals surface area contributed by atoms with Crippen LogP contribution in [0, 0.1) is 20.2 Å². The van der Waals surface area contributed by atoms with Crippen LogP contribution in [0.25, 0.3) is 5.69 Å². The number of hydrogen-bond acceptors (Lipinski definition) is 5. The van der Waals surface area contributed by atoms with Crippen LogP contribution in [0.5, 0.6) is 5.75 Å². The van der Waals surface area contributed by atoms with Crippen LogP contribution in [-0.2, 0) is 0 Å². The number of nitrogens with zero attached hydrogens (tertiary/aromatic N) is 3. The van der Waals surface area contributed by atoms with Crippen molar-refractivity contribution >= 4 is 11.4 Å². The first kappa shape index (κ1) is 12.4. The Bertz CT molecular complexity index is 657. The van der Waals surface area contributed by atoms with Crippen molar-refractivity contribution in [2.75, 3.05) is 0 Å². The number of benzene rings is 1. The highest BCUT2D eigenvalue weighted by atomic mass is 16.6. The van der Waals surface area contributed by atoms with Gasteiger partial charge in [-0.15, -0.1) is 0 Å². The normalized spacial score (nSPS) is 10.1. The molecule has 0 unspecified atom stereocenters. The number of non-ortho nitro benzene ring substituents is 1. The predicted molar refractivity (Wildman–Crippen MR) is 62.9 cm³/mol. The van der Waals surface area contributed by atoms with E-state index in [-0.39, 0.29) is 5.69 Å². The number of aromatic hydroxyl groups is 1. The Morgan fingerprint density at radius 2 is 1.63 bits per heavy atom. The Morgan fingerprint density at radius 3 is 2.16 bits per heavy atom. The van der Waals surface area contributed by atoms with E-state index in [0.29, 0.717) is 0 Å². The molecule has 0 aliphatic heterocycles. The summed E-state index contributed by atoms with van der Waals surface area (Å²) in [4.78, 5) is 19.9. The molecule has 2 aromatic rings. The number of nitro benzene ring substituents is 2. The van der Waals surface area contributed by atoms with Crippen LogP contribution in [-0.4, -0.2) is 15.0 Å². The molecule has 1 heterocycles. The van der Waals surface area contributed by atoms with Gasteiger partial charge in [0.05, 0.1) is 22.0 Å². The van der Waals surface area contributed by atoms with Crippen molar-refractivity contribution < 1.29 is 19.5 Å². The van der Waals surface area contributed by atoms with Crippen molar-refractivity contribution in [3.8, 4) is 11.4 Å². The van der Waals surface area contributed by atoms with Gasteiger partial charge in [-0.2, -0.15) is 4.57 Å². The van der Waals surface area contributed by atoms with Gasteiger partial charge in [-0.1, -0.05) is 6.07 Å². The Kier molecular flexibility index (Phi) is 3.06. The molecular weight excluding hydrogens is 254 g/mol. The fraction of sp³-hybridized carbons (Fsp3) is 0. The quantitative estimate of drug-likeness (QED) is 0.511. The van der Waals surface area contributed by atoms with Crippen molar-refractivity contribution in [2.24, 2.45) is 0 Å². The minimum Gasteiger partial charge on any atom is -0.497 e. The van der Waals surface area contributed by atoms with Crippen molar-refractivity contribution in [1.29, 1.82) is 0 Å². The number of nitro groups is 2. The van der Waals surface area contributed by atoms with Gasteiger partial charge in [0, 0.05) is 12.1 Å². The molecule has 1 N–H and O–H groups in total. The van der Waals surface area contributed by atoms with E-state index in [1.165, 1.54) is 17.0 Å². The lowest BCUT2D eigenvalue weighted by atomic mass is 10.2. The summed E-state index contributed by atoms with van der Waals surface area (Å²) in [5.41, 5.74) is -1.20. The second-order valence-electron chi connectivity index (χ2n) is 3.63. The summed E-state index contributed by atoms with van der Waals surface area (Å²) >= 11 is 0. The van der Waals surface area contributed by atoms with Gasteiger partial charge in [0.1, 0.15) is 0 Å². The third-order valence-corrected chi connectivity index (χ3v) is 2.46. The second-order valence-corrected chi connectivity index (χ2v) is 3.63. The van der Waals surface area contributed by atoms with Gasteiger partial charge in [-0.05, 0) is 0 Å². The van der Waals surface area contributed by atoms with Gasteiger partial charge in [-0.3, -0.25) is 20.2 Å². The second kappa shape index (κ2) is 4.69. The highest BCUT2D eigenvalue weighted by molar-refractivity contribution is 5.61. The molecule has 0 spiro atoms. The molecule has 0 saturated carbocycles. The lowest BCUT2D eigenvalue weighted by molar-refractivity contribution is -0.596. The van der Waals surface area contributed by atoms with Gasteiger partial charge >= 0.3 is 5.69 Å². The minimum atomic E-state index is -0.866. The largest absolute Gasteiger partial charge is 0.497 e. The summed E-state index contributed by atoms with van der Waals surface area (Å²) in [7, 11) is 0. The SMILES string of the molecule is O=[N+]([O-])c1cc([N+](=O)[O-])c(O)c(-[n+]2ccccc2)c1. The van der Waals surface area contributed by atoms with E-state index in [1.54, 1.807) is 18.2 Å². The summed E-state index contributed by atoms with van der Waals surface area (Å²) in [6.07, 6.45) is 3.03. The van der Waals surface area contributed by atoms with E-state index in [4.69, 9.17) is 0 Å². The smallest absolute Gasteiger partial charge is 0.324 e. The van der Waals surface area contributed by atoms with E-state index in [2.05, 4.69) is 0 Å². The lowest BCUT2D eigenvalue weighted by Crippen LogP contribution is -2.29. The third-order valence-electron chi connectivity index (χ3n) is 2.46. The van der Waals surface area contributed by atoms with Crippen molar-refractivity contribution in [2.45, 2.75) is 0 Å². The zero-order chi connectivity index (χ0) is 14.0. The molecule has 19 heavy (non-hydrogen) atoms. The highest BCUT2D eigenvalue weighted by Crippen LogP contribution is 2.34. The molecule has 8 heteroatoms. The molecule has 0 fully saturated rings. The van der Waals surface area contributed by atoms with Gasteiger partial charge in [0.2, 0.25) is 0 Å². The third kappa shape index (κ3) is 2.32. The topological polar surface area (TPSA) is 110 Å². The molecule has 0 amide bonds. The van der Waals surface area contributed by atoms with Gasteiger partial charge in [0.25, 0.3) is 17.1 Å². The molecule has 0 radical (unpaired) electrons. The summed E-state index contributed by atoms with van der Waals surface area (Å²) in [5.74, 6) is -0.619. The maximum absolute atomic E-state index is 10.8. The van der Waals surface area contributed by atoms with Crippen LogP contribution in [0.15, 0.2) is 42.7 Å². The fourth-order valence-corrected chi connectivity index (χ4v) is 1.59. The number of phenols is 1. The Balaban J connectivity index is 2.73. The maximum atomic E-state index is 10.8. The first-order valence-electron chi connectivity index (χ1n) is 5.13. The molecule has 0 aliphatic carbocycles. The van der Waals surface area contributed by atoms with Crippen molar-refractivity contribution in [1.82, 2.24) is 0 Å². The Hall–Kier alpha value is -3.03. The number of phenolic OH excluding ortho intramolecular Hbond substituents is 1. The zero-order valence-corrected chi connectivity index (χ0v) is 9.46. The van der Waals surface area contributed by atoms with Crippen LogP contribution in [0.1, 0.15) is 0 Å². The summed E-state index contributed by atoms with van der Waals surface area (Å²) in [6.45, 7) is 0. The van der Waals surface area contributed by atoms with Crippen LogP contribution in [0.4, 0.5) is 11.4 Å². The monoisotopic (exact) mass is 262 g/mol. The molecule has 1 aromatic heterocycles. The molecule has 2 rings (SSSR count). The van der Waals surface area contributed by atoms with Gasteiger partial charge in [-0.25, -0.2) is 0 Å². The van der Waals surface area contributed by atoms with Gasteiger partial charge in [0.15, 0.2) is 12.4 Å². The van der Waals surface area contributed by atoms with E-state index in [1.807, 2.05) is 0 Å². The van der Waals surface area contributed by atoms with E-state index in [0.717, 1.165) is 12.1 Å². The maximum Gasteiger partial charge on any atom is 0.324 e. The Labute approximate surface area is 106 Å². The Morgan fingerprint density at radius 1 is 1.00 bits per heavy atom. The average molecular weight is 262 g/mol. The number of pyridine rings is 1. The van der Waals surface area contributed by atoms with Crippen LogP contribution in [0.3, 0.4) is 0 Å². The molecule has 1 aromatic carbocycles. The molecule has 8 nitrogen and oxygen atoms in total. The first-order valence-corrected chi connectivity index (χ1v) is 5.13. The van der Waals surface area contributed by atoms with Gasteiger partial charge < -0.3 is 5.11 Å². The summed E-state index contributed by atoms with van der Waals surface area (Å²) in [6, 6.07) is 6.76. The fourth-order valence-electron chi connectivity index (χ4n) is 1.59. The minimum absolute atomic E-state index is 0.0264. The first-order chi connectivity index (χ1) is 9.00. The van der Waals surface area contributed by atoms with E-state index in [9.17, 15) is 25.3 Å². The summed E-state index contributed by atoms with van der Waals surface area (Å²) in [5, 5.41) is 31.4. The zero-order valence-electron chi connectivity index (χ0n) is 9.46. The lowest BCUT2D eigenvalue weighted by Gasteiger charge is -2.00. The molecule has 0 saturated heterocycles. The standard InChI is InChI=1S/C11H7N3O5/c15-11-9(12-4-2-1-3-5-12)6-8(13(16)17)7-10(11)14(18)19/h1-7H/p+1. The number of hydrogen-bond donors (Lipinski definition) is 1. The highest BCUT2D eigenvalue weighted by Gasteiger charge is 2.28. The van der Waals surface area contributed by atoms with Crippen molar-refractivity contribution in [3.05, 3.63) is 63.0 Å². The summed E-state index contributed by atoms with van der Waals surface area (Å²) < 4.78 is 1.36. The van der Waals surface area contributed by atoms with Crippen molar-refractivity contribution in [3.63, 3.8) is 0 Å². The molecule has 0 atom stereocenters. The molecule has 0 bridgehead atoms. The average Bonchev–Trinajstić information content (AvgIpc) is 2.39. The van der Waals surface area contributed by atoms with Crippen LogP contribution in [0.2, 0.25) is 0 Å². The molecule has 0 aliphatic rings.